The topological polar surface area (TPSA) is 87.3 Å². The van der Waals surface area contributed by atoms with Crippen LogP contribution in [0.4, 0.5) is 5.69 Å². The van der Waals surface area contributed by atoms with Crippen LogP contribution in [0.1, 0.15) is 5.89 Å². The molecule has 2 aromatic heterocycles. The van der Waals surface area contributed by atoms with Crippen LogP contribution < -0.4 is 10.5 Å². The quantitative estimate of drug-likeness (QED) is 0.572. The van der Waals surface area contributed by atoms with Crippen LogP contribution in [0.25, 0.3) is 11.6 Å². The fraction of sp³-hybridized carbons (Fsp3) is 0.143. The van der Waals surface area contributed by atoms with E-state index in [1.54, 1.807) is 25.5 Å². The predicted octanol–water partition coefficient (Wildman–Crippen LogP) is 3.21. The number of nitrogens with zero attached hydrogens (tertiary/aromatic N) is 2. The first kappa shape index (κ1) is 13.6. The number of benzene rings is 1. The second-order valence-electron chi connectivity index (χ2n) is 4.18. The molecule has 0 radical (unpaired) electrons. The summed E-state index contributed by atoms with van der Waals surface area (Å²) in [6.07, 6.45) is 1.57. The van der Waals surface area contributed by atoms with Gasteiger partial charge in [0.15, 0.2) is 5.76 Å². The zero-order valence-corrected chi connectivity index (χ0v) is 12.1. The van der Waals surface area contributed by atoms with Gasteiger partial charge in [-0.25, -0.2) is 0 Å². The Morgan fingerprint density at radius 2 is 2.24 bits per heavy atom. The van der Waals surface area contributed by atoms with Gasteiger partial charge in [-0.15, -0.1) is 11.8 Å². The van der Waals surface area contributed by atoms with Crippen molar-refractivity contribution in [3.05, 3.63) is 42.5 Å². The second kappa shape index (κ2) is 5.92. The molecule has 0 spiro atoms. The molecule has 0 saturated heterocycles. The number of rotatable bonds is 5. The number of nitrogen functional groups attached to an aromatic ring is 1. The number of hydrogen-bond acceptors (Lipinski definition) is 7. The molecule has 0 atom stereocenters. The number of ether oxygens (including phenoxy) is 1. The molecule has 0 aliphatic carbocycles. The number of nitrogens with two attached hydrogens (primary N) is 1. The van der Waals surface area contributed by atoms with E-state index in [9.17, 15) is 0 Å². The lowest BCUT2D eigenvalue weighted by molar-refractivity contribution is 0.390. The predicted molar refractivity (Wildman–Crippen MR) is 79.0 cm³/mol. The number of anilines is 1. The summed E-state index contributed by atoms with van der Waals surface area (Å²) in [6.45, 7) is 0. The molecule has 21 heavy (non-hydrogen) atoms. The van der Waals surface area contributed by atoms with E-state index in [0.29, 0.717) is 28.9 Å². The van der Waals surface area contributed by atoms with Crippen molar-refractivity contribution < 1.29 is 13.7 Å². The van der Waals surface area contributed by atoms with Crippen LogP contribution in [0.5, 0.6) is 5.75 Å². The van der Waals surface area contributed by atoms with Gasteiger partial charge in [-0.2, -0.15) is 4.98 Å². The Morgan fingerprint density at radius 3 is 3.00 bits per heavy atom. The van der Waals surface area contributed by atoms with E-state index in [4.69, 9.17) is 19.4 Å². The number of furan rings is 1. The van der Waals surface area contributed by atoms with E-state index in [-0.39, 0.29) is 0 Å². The minimum Gasteiger partial charge on any atom is -0.497 e. The molecule has 0 amide bonds. The first-order chi connectivity index (χ1) is 10.3. The number of methoxy groups -OCH3 is 1. The smallest absolute Gasteiger partial charge is 0.238 e. The Bertz CT molecular complexity index is 725. The first-order valence-corrected chi connectivity index (χ1v) is 7.17. The van der Waals surface area contributed by atoms with Crippen LogP contribution in [0.2, 0.25) is 0 Å². The fourth-order valence-electron chi connectivity index (χ4n) is 1.73. The lowest BCUT2D eigenvalue weighted by Crippen LogP contribution is -1.91. The van der Waals surface area contributed by atoms with Crippen molar-refractivity contribution in [2.24, 2.45) is 0 Å². The maximum absolute atomic E-state index is 5.93. The van der Waals surface area contributed by atoms with Crippen LogP contribution in [-0.4, -0.2) is 17.3 Å². The normalized spacial score (nSPS) is 10.7. The van der Waals surface area contributed by atoms with E-state index in [1.165, 1.54) is 11.8 Å². The summed E-state index contributed by atoms with van der Waals surface area (Å²) < 4.78 is 15.6. The molecule has 6 nitrogen and oxygen atoms in total. The molecule has 0 saturated carbocycles. The van der Waals surface area contributed by atoms with E-state index in [2.05, 4.69) is 10.1 Å². The highest BCUT2D eigenvalue weighted by Crippen LogP contribution is 2.31. The molecule has 0 aliphatic rings. The van der Waals surface area contributed by atoms with Gasteiger partial charge in [-0.05, 0) is 30.3 Å². The summed E-state index contributed by atoms with van der Waals surface area (Å²) >= 11 is 1.51. The van der Waals surface area contributed by atoms with Gasteiger partial charge in [0.2, 0.25) is 11.7 Å². The summed E-state index contributed by atoms with van der Waals surface area (Å²) in [6, 6.07) is 9.06. The standard InChI is InChI=1S/C14H13N3O3S/c1-18-9-4-5-10(15)12(7-9)21-8-13-16-14(17-20-13)11-3-2-6-19-11/h2-7H,8,15H2,1H3. The van der Waals surface area contributed by atoms with Gasteiger partial charge in [-0.3, -0.25) is 0 Å². The molecule has 7 heteroatoms. The van der Waals surface area contributed by atoms with Crippen LogP contribution in [-0.2, 0) is 5.75 Å². The second-order valence-corrected chi connectivity index (χ2v) is 5.20. The van der Waals surface area contributed by atoms with E-state index < -0.39 is 0 Å². The maximum atomic E-state index is 5.93. The monoisotopic (exact) mass is 303 g/mol. The molecule has 108 valence electrons. The van der Waals surface area contributed by atoms with Crippen molar-refractivity contribution in [2.45, 2.75) is 10.6 Å². The molecular weight excluding hydrogens is 290 g/mol. The van der Waals surface area contributed by atoms with Crippen molar-refractivity contribution in [1.29, 1.82) is 0 Å². The molecule has 1 aromatic carbocycles. The lowest BCUT2D eigenvalue weighted by Gasteiger charge is -2.06. The summed E-state index contributed by atoms with van der Waals surface area (Å²) in [5.74, 6) is 2.80. The van der Waals surface area contributed by atoms with Gasteiger partial charge in [0.1, 0.15) is 5.75 Å². The fourth-order valence-corrected chi connectivity index (χ4v) is 2.56. The van der Waals surface area contributed by atoms with Crippen LogP contribution >= 0.6 is 11.8 Å². The van der Waals surface area contributed by atoms with Gasteiger partial charge in [0.05, 0.1) is 19.1 Å². The molecule has 3 aromatic rings. The molecule has 2 heterocycles. The Hall–Kier alpha value is -2.41. The third kappa shape index (κ3) is 3.03. The molecule has 3 rings (SSSR count). The van der Waals surface area contributed by atoms with E-state index >= 15 is 0 Å². The highest BCUT2D eigenvalue weighted by atomic mass is 32.2. The third-order valence-electron chi connectivity index (χ3n) is 2.78. The van der Waals surface area contributed by atoms with Gasteiger partial charge in [-0.1, -0.05) is 5.16 Å². The van der Waals surface area contributed by atoms with Crippen LogP contribution in [0.3, 0.4) is 0 Å². The minimum atomic E-state index is 0.439. The van der Waals surface area contributed by atoms with Crippen molar-refractivity contribution in [1.82, 2.24) is 10.1 Å². The molecule has 2 N–H and O–H groups in total. The maximum Gasteiger partial charge on any atom is 0.238 e. The molecule has 0 unspecified atom stereocenters. The number of aromatic nitrogens is 2. The molecule has 0 aliphatic heterocycles. The molecule has 0 fully saturated rings. The number of thioether (sulfide) groups is 1. The summed E-state index contributed by atoms with van der Waals surface area (Å²) in [5, 5.41) is 3.88. The van der Waals surface area contributed by atoms with Crippen molar-refractivity contribution >= 4 is 17.4 Å². The third-order valence-corrected chi connectivity index (χ3v) is 3.84. The minimum absolute atomic E-state index is 0.439. The summed E-state index contributed by atoms with van der Waals surface area (Å²) in [5.41, 5.74) is 6.62. The van der Waals surface area contributed by atoms with Gasteiger partial charge in [0.25, 0.3) is 0 Å². The molecular formula is C14H13N3O3S. The van der Waals surface area contributed by atoms with Crippen molar-refractivity contribution in [3.8, 4) is 17.3 Å². The summed E-state index contributed by atoms with van der Waals surface area (Å²) in [4.78, 5) is 5.18. The van der Waals surface area contributed by atoms with Crippen LogP contribution in [0, 0.1) is 0 Å². The van der Waals surface area contributed by atoms with Gasteiger partial charge in [0, 0.05) is 10.6 Å². The van der Waals surface area contributed by atoms with E-state index in [1.807, 2.05) is 18.2 Å². The average molecular weight is 303 g/mol. The summed E-state index contributed by atoms with van der Waals surface area (Å²) in [7, 11) is 1.62. The van der Waals surface area contributed by atoms with E-state index in [0.717, 1.165) is 10.6 Å². The zero-order valence-electron chi connectivity index (χ0n) is 11.3. The highest BCUT2D eigenvalue weighted by molar-refractivity contribution is 7.98. The van der Waals surface area contributed by atoms with Gasteiger partial charge >= 0.3 is 0 Å². The SMILES string of the molecule is COc1ccc(N)c(SCc2nc(-c3ccco3)no2)c1. The Balaban J connectivity index is 1.71. The van der Waals surface area contributed by atoms with Crippen molar-refractivity contribution in [2.75, 3.05) is 12.8 Å². The zero-order chi connectivity index (χ0) is 14.7. The Kier molecular flexibility index (Phi) is 3.83. The van der Waals surface area contributed by atoms with Gasteiger partial charge < -0.3 is 19.4 Å². The molecule has 0 bridgehead atoms. The first-order valence-electron chi connectivity index (χ1n) is 6.19. The lowest BCUT2D eigenvalue weighted by atomic mass is 10.3. The Morgan fingerprint density at radius 1 is 1.33 bits per heavy atom. The highest BCUT2D eigenvalue weighted by Gasteiger charge is 2.12. The average Bonchev–Trinajstić information content (AvgIpc) is 3.17. The van der Waals surface area contributed by atoms with Crippen molar-refractivity contribution in [3.63, 3.8) is 0 Å². The largest absolute Gasteiger partial charge is 0.497 e. The Labute approximate surface area is 125 Å². The number of hydrogen-bond donors (Lipinski definition) is 1. The van der Waals surface area contributed by atoms with Crippen LogP contribution in [0.15, 0.2) is 50.4 Å².